The van der Waals surface area contributed by atoms with Crippen molar-refractivity contribution in [2.75, 3.05) is 19.6 Å². The van der Waals surface area contributed by atoms with Crippen LogP contribution in [0.2, 0.25) is 0 Å². The average Bonchev–Trinajstić information content (AvgIpc) is 3.45. The van der Waals surface area contributed by atoms with Crippen molar-refractivity contribution in [1.82, 2.24) is 15.1 Å². The van der Waals surface area contributed by atoms with E-state index in [0.717, 1.165) is 21.8 Å². The van der Waals surface area contributed by atoms with Crippen LogP contribution in [-0.4, -0.2) is 69.6 Å². The summed E-state index contributed by atoms with van der Waals surface area (Å²) >= 11 is 1.43. The smallest absolute Gasteiger partial charge is 0.255 e. The van der Waals surface area contributed by atoms with Crippen LogP contribution >= 0.6 is 11.3 Å². The van der Waals surface area contributed by atoms with Gasteiger partial charge in [0.05, 0.1) is 13.1 Å². The van der Waals surface area contributed by atoms with Crippen LogP contribution < -0.4 is 10.1 Å². The van der Waals surface area contributed by atoms with Gasteiger partial charge < -0.3 is 30.1 Å². The van der Waals surface area contributed by atoms with Crippen LogP contribution in [0.3, 0.4) is 0 Å². The van der Waals surface area contributed by atoms with Gasteiger partial charge in [0.25, 0.3) is 11.8 Å². The molecule has 194 valence electrons. The third kappa shape index (κ3) is 7.16. The van der Waals surface area contributed by atoms with Gasteiger partial charge >= 0.3 is 0 Å². The molecule has 0 radical (unpaired) electrons. The van der Waals surface area contributed by atoms with Gasteiger partial charge in [0, 0.05) is 24.5 Å². The van der Waals surface area contributed by atoms with E-state index in [1.165, 1.54) is 16.2 Å². The van der Waals surface area contributed by atoms with Gasteiger partial charge in [0.2, 0.25) is 5.91 Å². The lowest BCUT2D eigenvalue weighted by atomic mass is 10.1. The molecular formula is C27H29N3O6S. The van der Waals surface area contributed by atoms with Crippen molar-refractivity contribution in [2.24, 2.45) is 0 Å². The Kier molecular flexibility index (Phi) is 8.89. The number of carbonyl (C=O) groups excluding carboxylic acids is 3. The lowest BCUT2D eigenvalue weighted by Crippen LogP contribution is -2.57. The molecule has 2 atom stereocenters. The Bertz CT molecular complexity index is 1190. The van der Waals surface area contributed by atoms with Crippen LogP contribution in [0.25, 0.3) is 0 Å². The zero-order valence-electron chi connectivity index (χ0n) is 20.2. The van der Waals surface area contributed by atoms with E-state index in [0.29, 0.717) is 13.2 Å². The molecule has 37 heavy (non-hydrogen) atoms. The Hall–Kier alpha value is -3.73. The first kappa shape index (κ1) is 26.3. The first-order valence-corrected chi connectivity index (χ1v) is 12.8. The van der Waals surface area contributed by atoms with Crippen molar-refractivity contribution in [3.8, 4) is 5.75 Å². The van der Waals surface area contributed by atoms with Crippen molar-refractivity contribution in [3.05, 3.63) is 88.1 Å². The number of nitrogens with one attached hydrogen (secondary N) is 1. The molecule has 1 fully saturated rings. The summed E-state index contributed by atoms with van der Waals surface area (Å²) in [4.78, 5) is 41.1. The molecule has 0 aliphatic carbocycles. The molecule has 0 saturated carbocycles. The highest BCUT2D eigenvalue weighted by atomic mass is 32.1. The molecule has 4 rings (SSSR count). The molecule has 1 aliphatic rings. The summed E-state index contributed by atoms with van der Waals surface area (Å²) in [5.74, 6) is -1.27. The Labute approximate surface area is 218 Å². The number of piperazine rings is 1. The highest BCUT2D eigenvalue weighted by Crippen LogP contribution is 2.17. The van der Waals surface area contributed by atoms with E-state index in [1.807, 2.05) is 72.1 Å². The van der Waals surface area contributed by atoms with Gasteiger partial charge in [0.15, 0.2) is 12.2 Å². The monoisotopic (exact) mass is 523 g/mol. The molecule has 1 aromatic heterocycles. The summed E-state index contributed by atoms with van der Waals surface area (Å²) < 4.78 is 5.79. The topological polar surface area (TPSA) is 119 Å². The Balaban J connectivity index is 1.23. The fourth-order valence-corrected chi connectivity index (χ4v) is 4.52. The van der Waals surface area contributed by atoms with Gasteiger partial charge in [-0.25, -0.2) is 0 Å². The second-order valence-electron chi connectivity index (χ2n) is 8.68. The zero-order valence-corrected chi connectivity index (χ0v) is 21.0. The minimum absolute atomic E-state index is 0.184. The van der Waals surface area contributed by atoms with Crippen LogP contribution in [0.1, 0.15) is 16.0 Å². The maximum absolute atomic E-state index is 12.7. The second kappa shape index (κ2) is 12.5. The summed E-state index contributed by atoms with van der Waals surface area (Å²) in [5.41, 5.74) is 1.99. The van der Waals surface area contributed by atoms with Crippen LogP contribution in [0.5, 0.6) is 5.75 Å². The molecule has 3 aromatic rings. The number of ether oxygens (including phenoxy) is 1. The van der Waals surface area contributed by atoms with E-state index in [-0.39, 0.29) is 32.1 Å². The lowest BCUT2D eigenvalue weighted by Gasteiger charge is -2.35. The van der Waals surface area contributed by atoms with E-state index < -0.39 is 24.0 Å². The highest BCUT2D eigenvalue weighted by Gasteiger charge is 2.36. The van der Waals surface area contributed by atoms with E-state index >= 15 is 0 Å². The van der Waals surface area contributed by atoms with E-state index in [9.17, 15) is 24.6 Å². The number of aliphatic hydroxyl groups excluding tert-OH is 2. The first-order valence-electron chi connectivity index (χ1n) is 11.9. The fourth-order valence-electron chi connectivity index (χ4n) is 3.87. The summed E-state index contributed by atoms with van der Waals surface area (Å²) in [5, 5.41) is 24.7. The molecule has 0 bridgehead atoms. The van der Waals surface area contributed by atoms with Gasteiger partial charge in [-0.3, -0.25) is 14.4 Å². The van der Waals surface area contributed by atoms with Crippen molar-refractivity contribution < 1.29 is 29.3 Å². The fraction of sp³-hybridized carbons (Fsp3) is 0.296. The lowest BCUT2D eigenvalue weighted by molar-refractivity contribution is -0.158. The number of carbonyl (C=O) groups is 3. The number of amides is 3. The molecule has 0 unspecified atom stereocenters. The van der Waals surface area contributed by atoms with E-state index in [2.05, 4.69) is 5.32 Å². The normalized spacial score (nSPS) is 15.2. The quantitative estimate of drug-likeness (QED) is 0.371. The second-order valence-corrected chi connectivity index (χ2v) is 9.71. The molecule has 3 N–H and O–H groups in total. The average molecular weight is 524 g/mol. The number of aliphatic hydroxyl groups is 2. The standard InChI is InChI=1S/C27H29N3O6S/c31-23-17-30(27(35)25(33)24(32)26(34)28-15-22-7-4-14-37-22)13-12-29(23)16-19-8-10-21(11-9-19)36-18-20-5-2-1-3-6-20/h1-11,14,24-25,32-33H,12-13,15-18H2,(H,28,34)/t24-,25-/m1/s1. The summed E-state index contributed by atoms with van der Waals surface area (Å²) in [6.07, 6.45) is -3.88. The molecule has 1 saturated heterocycles. The van der Waals surface area contributed by atoms with Gasteiger partial charge in [-0.1, -0.05) is 48.5 Å². The van der Waals surface area contributed by atoms with Crippen LogP contribution in [0, 0.1) is 0 Å². The van der Waals surface area contributed by atoms with Gasteiger partial charge in [-0.15, -0.1) is 11.3 Å². The molecule has 9 nitrogen and oxygen atoms in total. The molecule has 2 aromatic carbocycles. The number of rotatable bonds is 10. The molecule has 3 amide bonds. The maximum Gasteiger partial charge on any atom is 0.255 e. The molecule has 2 heterocycles. The van der Waals surface area contributed by atoms with Crippen molar-refractivity contribution in [1.29, 1.82) is 0 Å². The molecular weight excluding hydrogens is 494 g/mol. The minimum atomic E-state index is -1.95. The van der Waals surface area contributed by atoms with Crippen LogP contribution in [0.4, 0.5) is 0 Å². The molecule has 1 aliphatic heterocycles. The number of thiophene rings is 1. The Morgan fingerprint density at radius 1 is 0.946 bits per heavy atom. The molecule has 0 spiro atoms. The summed E-state index contributed by atoms with van der Waals surface area (Å²) in [7, 11) is 0. The predicted octanol–water partition coefficient (Wildman–Crippen LogP) is 1.54. The van der Waals surface area contributed by atoms with E-state index in [1.54, 1.807) is 4.90 Å². The van der Waals surface area contributed by atoms with Crippen molar-refractivity contribution >= 4 is 29.1 Å². The zero-order chi connectivity index (χ0) is 26.2. The van der Waals surface area contributed by atoms with Gasteiger partial charge in [-0.2, -0.15) is 0 Å². The number of hydrogen-bond acceptors (Lipinski definition) is 7. The van der Waals surface area contributed by atoms with Gasteiger partial charge in [-0.05, 0) is 34.7 Å². The number of nitrogens with zero attached hydrogens (tertiary/aromatic N) is 2. The third-order valence-corrected chi connectivity index (χ3v) is 6.89. The Morgan fingerprint density at radius 3 is 2.38 bits per heavy atom. The largest absolute Gasteiger partial charge is 0.489 e. The van der Waals surface area contributed by atoms with Crippen molar-refractivity contribution in [2.45, 2.75) is 31.9 Å². The summed E-state index contributed by atoms with van der Waals surface area (Å²) in [6.45, 7) is 1.23. The predicted molar refractivity (Wildman–Crippen MR) is 137 cm³/mol. The van der Waals surface area contributed by atoms with E-state index in [4.69, 9.17) is 4.74 Å². The van der Waals surface area contributed by atoms with Crippen LogP contribution in [-0.2, 0) is 34.1 Å². The first-order chi connectivity index (χ1) is 17.9. The van der Waals surface area contributed by atoms with Gasteiger partial charge in [0.1, 0.15) is 12.4 Å². The SMILES string of the molecule is O=C(NCc1cccs1)[C@H](O)[C@@H](O)C(=O)N1CCN(Cc2ccc(OCc3ccccc3)cc2)C(=O)C1. The Morgan fingerprint density at radius 2 is 1.70 bits per heavy atom. The summed E-state index contributed by atoms with van der Waals surface area (Å²) in [6, 6.07) is 21.0. The number of benzene rings is 2. The number of hydrogen-bond donors (Lipinski definition) is 3. The highest BCUT2D eigenvalue weighted by molar-refractivity contribution is 7.09. The molecule has 10 heteroatoms. The van der Waals surface area contributed by atoms with Crippen molar-refractivity contribution in [3.63, 3.8) is 0 Å². The van der Waals surface area contributed by atoms with Crippen LogP contribution in [0.15, 0.2) is 72.1 Å². The minimum Gasteiger partial charge on any atom is -0.489 e. The maximum atomic E-state index is 12.7. The third-order valence-electron chi connectivity index (χ3n) is 6.01.